The Balaban J connectivity index is 2.54. The van der Waals surface area contributed by atoms with Crippen LogP contribution in [0.15, 0.2) is 18.2 Å². The van der Waals surface area contributed by atoms with Crippen molar-refractivity contribution in [2.45, 2.75) is 40.7 Å². The minimum Gasteiger partial charge on any atom is -0.494 e. The first-order valence-electron chi connectivity index (χ1n) is 7.67. The second-order valence-electron chi connectivity index (χ2n) is 5.09. The first-order chi connectivity index (χ1) is 10.1. The minimum absolute atomic E-state index is 0.00496. The summed E-state index contributed by atoms with van der Waals surface area (Å²) in [5, 5.41) is 4.06. The van der Waals surface area contributed by atoms with Gasteiger partial charge >= 0.3 is 0 Å². The molecule has 1 heterocycles. The molecule has 0 saturated heterocycles. The fourth-order valence-electron chi connectivity index (χ4n) is 2.70. The molecule has 0 fully saturated rings. The standard InChI is InChI=1S/C17H24N2O2/c1-5-10-18-17(20)16-12(4)14-11-13(21-7-3)8-9-15(14)19(16)6-2/h8-9,11H,5-7,10H2,1-4H3,(H,18,20). The fourth-order valence-corrected chi connectivity index (χ4v) is 2.70. The van der Waals surface area contributed by atoms with Gasteiger partial charge in [0.05, 0.1) is 6.61 Å². The molecule has 1 aromatic carbocycles. The van der Waals surface area contributed by atoms with E-state index in [4.69, 9.17) is 4.74 Å². The molecule has 0 aliphatic carbocycles. The molecule has 4 nitrogen and oxygen atoms in total. The van der Waals surface area contributed by atoms with Crippen LogP contribution in [0.3, 0.4) is 0 Å². The van der Waals surface area contributed by atoms with Crippen LogP contribution in [0.4, 0.5) is 0 Å². The molecule has 0 aliphatic heterocycles. The lowest BCUT2D eigenvalue weighted by atomic mass is 10.1. The Bertz CT molecular complexity index is 644. The summed E-state index contributed by atoms with van der Waals surface area (Å²) in [6.07, 6.45) is 0.936. The molecule has 0 saturated carbocycles. The summed E-state index contributed by atoms with van der Waals surface area (Å²) in [6.45, 7) is 10.2. The van der Waals surface area contributed by atoms with Gasteiger partial charge in [-0.1, -0.05) is 6.92 Å². The predicted molar refractivity (Wildman–Crippen MR) is 86.1 cm³/mol. The van der Waals surface area contributed by atoms with Crippen molar-refractivity contribution in [3.63, 3.8) is 0 Å². The fraction of sp³-hybridized carbons (Fsp3) is 0.471. The molecule has 0 radical (unpaired) electrons. The number of carbonyl (C=O) groups excluding carboxylic acids is 1. The third-order valence-corrected chi connectivity index (χ3v) is 3.67. The van der Waals surface area contributed by atoms with Crippen molar-refractivity contribution in [1.29, 1.82) is 0 Å². The van der Waals surface area contributed by atoms with E-state index < -0.39 is 0 Å². The molecule has 2 rings (SSSR count). The number of fused-ring (bicyclic) bond motifs is 1. The van der Waals surface area contributed by atoms with Gasteiger partial charge in [0.1, 0.15) is 11.4 Å². The van der Waals surface area contributed by atoms with Gasteiger partial charge < -0.3 is 14.6 Å². The molecule has 114 valence electrons. The lowest BCUT2D eigenvalue weighted by molar-refractivity contribution is 0.0944. The van der Waals surface area contributed by atoms with Crippen LogP contribution in [0.5, 0.6) is 5.75 Å². The zero-order chi connectivity index (χ0) is 15.4. The van der Waals surface area contributed by atoms with Crippen LogP contribution in [-0.2, 0) is 6.54 Å². The molecule has 0 aliphatic rings. The van der Waals surface area contributed by atoms with Crippen LogP contribution >= 0.6 is 0 Å². The van der Waals surface area contributed by atoms with E-state index in [1.54, 1.807) is 0 Å². The summed E-state index contributed by atoms with van der Waals surface area (Å²) < 4.78 is 7.64. The van der Waals surface area contributed by atoms with Crippen LogP contribution < -0.4 is 10.1 Å². The number of aromatic nitrogens is 1. The van der Waals surface area contributed by atoms with Gasteiger partial charge in [0, 0.05) is 24.0 Å². The van der Waals surface area contributed by atoms with Crippen molar-refractivity contribution >= 4 is 16.8 Å². The number of rotatable bonds is 6. The Morgan fingerprint density at radius 2 is 2.05 bits per heavy atom. The number of benzene rings is 1. The molecule has 1 N–H and O–H groups in total. The van der Waals surface area contributed by atoms with Crippen molar-refractivity contribution in [3.8, 4) is 5.75 Å². The monoisotopic (exact) mass is 288 g/mol. The smallest absolute Gasteiger partial charge is 0.268 e. The quantitative estimate of drug-likeness (QED) is 0.884. The van der Waals surface area contributed by atoms with Gasteiger partial charge in [-0.3, -0.25) is 4.79 Å². The lowest BCUT2D eigenvalue weighted by Gasteiger charge is -2.09. The van der Waals surface area contributed by atoms with E-state index in [2.05, 4.69) is 23.7 Å². The third kappa shape index (κ3) is 2.89. The maximum absolute atomic E-state index is 12.4. The van der Waals surface area contributed by atoms with Gasteiger partial charge in [0.15, 0.2) is 0 Å². The van der Waals surface area contributed by atoms with Crippen LogP contribution in [0.25, 0.3) is 10.9 Å². The van der Waals surface area contributed by atoms with E-state index in [1.807, 2.05) is 32.0 Å². The van der Waals surface area contributed by atoms with Gasteiger partial charge in [-0.25, -0.2) is 0 Å². The molecular weight excluding hydrogens is 264 g/mol. The van der Waals surface area contributed by atoms with E-state index in [0.29, 0.717) is 13.2 Å². The summed E-state index contributed by atoms with van der Waals surface area (Å²) in [7, 11) is 0. The van der Waals surface area contributed by atoms with Crippen molar-refractivity contribution in [2.75, 3.05) is 13.2 Å². The average Bonchev–Trinajstić information content (AvgIpc) is 2.77. The summed E-state index contributed by atoms with van der Waals surface area (Å²) in [5.41, 5.74) is 2.86. The first kappa shape index (κ1) is 15.4. The van der Waals surface area contributed by atoms with Crippen molar-refractivity contribution in [1.82, 2.24) is 9.88 Å². The van der Waals surface area contributed by atoms with Gasteiger partial charge in [-0.05, 0) is 51.0 Å². The van der Waals surface area contributed by atoms with Crippen molar-refractivity contribution in [2.24, 2.45) is 0 Å². The topological polar surface area (TPSA) is 43.3 Å². The van der Waals surface area contributed by atoms with Gasteiger partial charge in [0.2, 0.25) is 0 Å². The Labute approximate surface area is 126 Å². The van der Waals surface area contributed by atoms with Gasteiger partial charge in [0.25, 0.3) is 5.91 Å². The summed E-state index contributed by atoms with van der Waals surface area (Å²) in [5.74, 6) is 0.854. The number of carbonyl (C=O) groups is 1. The minimum atomic E-state index is 0.00496. The molecular formula is C17H24N2O2. The summed E-state index contributed by atoms with van der Waals surface area (Å²) in [4.78, 5) is 12.4. The highest BCUT2D eigenvalue weighted by Crippen LogP contribution is 2.29. The highest BCUT2D eigenvalue weighted by atomic mass is 16.5. The summed E-state index contributed by atoms with van der Waals surface area (Å²) in [6, 6.07) is 6.02. The van der Waals surface area contributed by atoms with Crippen molar-refractivity contribution < 1.29 is 9.53 Å². The zero-order valence-corrected chi connectivity index (χ0v) is 13.3. The molecule has 4 heteroatoms. The van der Waals surface area contributed by atoms with Crippen molar-refractivity contribution in [3.05, 3.63) is 29.5 Å². The van der Waals surface area contributed by atoms with E-state index >= 15 is 0 Å². The molecule has 1 amide bonds. The Morgan fingerprint density at radius 3 is 2.67 bits per heavy atom. The zero-order valence-electron chi connectivity index (χ0n) is 13.3. The Kier molecular flexibility index (Phi) is 4.89. The molecule has 2 aromatic rings. The number of hydrogen-bond donors (Lipinski definition) is 1. The maximum Gasteiger partial charge on any atom is 0.268 e. The van der Waals surface area contributed by atoms with Crippen LogP contribution in [0.1, 0.15) is 43.2 Å². The van der Waals surface area contributed by atoms with E-state index in [9.17, 15) is 4.79 Å². The molecule has 1 aromatic heterocycles. The second kappa shape index (κ2) is 6.66. The maximum atomic E-state index is 12.4. The lowest BCUT2D eigenvalue weighted by Crippen LogP contribution is -2.27. The SMILES string of the molecule is CCCNC(=O)c1c(C)c2cc(OCC)ccc2n1CC. The van der Waals surface area contributed by atoms with Crippen LogP contribution in [0.2, 0.25) is 0 Å². The van der Waals surface area contributed by atoms with Crippen LogP contribution in [-0.4, -0.2) is 23.6 Å². The molecule has 0 atom stereocenters. The Hall–Kier alpha value is -1.97. The second-order valence-corrected chi connectivity index (χ2v) is 5.09. The summed E-state index contributed by atoms with van der Waals surface area (Å²) >= 11 is 0. The first-order valence-corrected chi connectivity index (χ1v) is 7.67. The number of amides is 1. The average molecular weight is 288 g/mol. The third-order valence-electron chi connectivity index (χ3n) is 3.67. The van der Waals surface area contributed by atoms with E-state index in [1.165, 1.54) is 0 Å². The largest absolute Gasteiger partial charge is 0.494 e. The normalized spacial score (nSPS) is 10.9. The highest BCUT2D eigenvalue weighted by molar-refractivity contribution is 6.02. The number of hydrogen-bond acceptors (Lipinski definition) is 2. The number of nitrogens with zero attached hydrogens (tertiary/aromatic N) is 1. The molecule has 0 bridgehead atoms. The Morgan fingerprint density at radius 1 is 1.29 bits per heavy atom. The molecule has 0 spiro atoms. The number of nitrogens with one attached hydrogen (secondary N) is 1. The van der Waals surface area contributed by atoms with Gasteiger partial charge in [-0.2, -0.15) is 0 Å². The van der Waals surface area contributed by atoms with Crippen LogP contribution in [0, 0.1) is 6.92 Å². The molecule has 0 unspecified atom stereocenters. The van der Waals surface area contributed by atoms with E-state index in [0.717, 1.165) is 40.9 Å². The number of ether oxygens (including phenoxy) is 1. The number of aryl methyl sites for hydroxylation is 2. The van der Waals surface area contributed by atoms with Gasteiger partial charge in [-0.15, -0.1) is 0 Å². The highest BCUT2D eigenvalue weighted by Gasteiger charge is 2.19. The predicted octanol–water partition coefficient (Wildman–Crippen LogP) is 3.51. The van der Waals surface area contributed by atoms with E-state index in [-0.39, 0.29) is 5.91 Å². The molecule has 21 heavy (non-hydrogen) atoms.